The maximum Gasteiger partial charge on any atom is 0.233 e. The summed E-state index contributed by atoms with van der Waals surface area (Å²) in [6.45, 7) is 37.4. The summed E-state index contributed by atoms with van der Waals surface area (Å²) in [6, 6.07) is 0. The molecule has 5 aliphatic rings. The quantitative estimate of drug-likeness (QED) is 0.0123. The number of carbonyl (C=O) groups is 5. The van der Waals surface area contributed by atoms with Gasteiger partial charge in [0.2, 0.25) is 59.3 Å². The third kappa shape index (κ3) is 21.0. The van der Waals surface area contributed by atoms with Crippen LogP contribution in [0.4, 0.5) is 80.8 Å². The second-order valence-corrected chi connectivity index (χ2v) is 37.7. The fourth-order valence-electron chi connectivity index (χ4n) is 16.7. The lowest BCUT2D eigenvalue weighted by Gasteiger charge is -2.30. The molecule has 0 saturated carbocycles. The van der Waals surface area contributed by atoms with E-state index in [1.807, 2.05) is 62.3 Å². The van der Waals surface area contributed by atoms with Crippen LogP contribution in [-0.2, 0) is 47.7 Å². The van der Waals surface area contributed by atoms with Crippen LogP contribution in [0.5, 0.6) is 0 Å². The summed E-state index contributed by atoms with van der Waals surface area (Å²) in [5, 5.41) is 57.4. The molecule has 0 aliphatic carbocycles. The highest BCUT2D eigenvalue weighted by atomic mass is 127. The minimum atomic E-state index is -1.80. The molecular formula is C89H132F5IN30O13. The van der Waals surface area contributed by atoms with Gasteiger partial charge in [0, 0.05) is 92.9 Å². The van der Waals surface area contributed by atoms with E-state index < -0.39 is 109 Å². The molecule has 5 saturated heterocycles. The van der Waals surface area contributed by atoms with Crippen LogP contribution in [0.2, 0.25) is 0 Å². The maximum absolute atomic E-state index is 15.2. The van der Waals surface area contributed by atoms with Crippen molar-refractivity contribution in [3.8, 4) is 0 Å². The molecule has 43 nitrogen and oxygen atoms in total. The third-order valence-corrected chi connectivity index (χ3v) is 28.2. The predicted octanol–water partition coefficient (Wildman–Crippen LogP) is 12.8. The highest BCUT2D eigenvalue weighted by Crippen LogP contribution is 2.52. The molecule has 0 radical (unpaired) electrons. The molecule has 10 aromatic rings. The first-order valence-electron chi connectivity index (χ1n) is 46.5. The number of carbonyl (C=O) groups excluding carboxylic acids is 5. The van der Waals surface area contributed by atoms with Gasteiger partial charge in [-0.2, -0.15) is 49.8 Å². The molecular weight excluding hydrogens is 1920 g/mol. The number of hydrogen-bond donors (Lipinski definition) is 13. The Morgan fingerprint density at radius 3 is 0.768 bits per heavy atom. The normalized spacial score (nSPS) is 27.0. The van der Waals surface area contributed by atoms with Crippen LogP contribution in [0.15, 0.2) is 31.6 Å². The van der Waals surface area contributed by atoms with Crippen molar-refractivity contribution in [1.82, 2.24) is 97.6 Å². The van der Waals surface area contributed by atoms with Crippen LogP contribution in [0, 0.1) is 53.3 Å². The van der Waals surface area contributed by atoms with E-state index in [-0.39, 0.29) is 119 Å². The van der Waals surface area contributed by atoms with Crippen molar-refractivity contribution in [3.63, 3.8) is 0 Å². The highest BCUT2D eigenvalue weighted by Gasteiger charge is 2.58. The number of nitrogens with zero attached hydrogens (tertiary/aromatic N) is 20. The van der Waals surface area contributed by atoms with Crippen molar-refractivity contribution >= 4 is 167 Å². The molecule has 138 heavy (non-hydrogen) atoms. The minimum absolute atomic E-state index is 0.0335. The van der Waals surface area contributed by atoms with Gasteiger partial charge in [0.1, 0.15) is 11.7 Å². The van der Waals surface area contributed by atoms with E-state index in [1.54, 1.807) is 125 Å². The van der Waals surface area contributed by atoms with E-state index in [4.69, 9.17) is 23.7 Å². The molecule has 15 heterocycles. The Morgan fingerprint density at radius 1 is 0.348 bits per heavy atom. The predicted molar refractivity (Wildman–Crippen MR) is 519 cm³/mol. The topological polar surface area (TPSA) is 530 Å². The van der Waals surface area contributed by atoms with Crippen molar-refractivity contribution in [1.29, 1.82) is 0 Å². The number of halogens is 6. The third-order valence-electron chi connectivity index (χ3n) is 26.9. The summed E-state index contributed by atoms with van der Waals surface area (Å²) in [5.41, 5.74) is 0.0470. The van der Waals surface area contributed by atoms with Crippen LogP contribution >= 0.6 is 22.6 Å². The van der Waals surface area contributed by atoms with Crippen molar-refractivity contribution in [2.75, 3.05) is 106 Å². The summed E-state index contributed by atoms with van der Waals surface area (Å²) in [7, 11) is 8.43. The number of ether oxygens (including phenoxy) is 5. The summed E-state index contributed by atoms with van der Waals surface area (Å²) < 4.78 is 114. The number of imidazole rings is 5. The molecule has 5 aliphatic heterocycles. The zero-order chi connectivity index (χ0) is 102. The minimum Gasteiger partial charge on any atom is -0.393 e. The number of anilines is 10. The fraction of sp³-hybridized carbons (Fsp3) is 0.663. The molecule has 0 aromatic carbocycles. The van der Waals surface area contributed by atoms with E-state index in [0.717, 1.165) is 12.8 Å². The number of aliphatic hydroxyl groups is 3. The van der Waals surface area contributed by atoms with E-state index in [2.05, 4.69) is 151 Å². The van der Waals surface area contributed by atoms with Gasteiger partial charge in [-0.3, -0.25) is 73.4 Å². The number of nitrogens with one attached hydrogen (secondary N) is 10. The Morgan fingerprint density at radius 2 is 0.572 bits per heavy atom. The first-order chi connectivity index (χ1) is 65.2. The molecule has 758 valence electrons. The number of hydrogen-bond acceptors (Lipinski definition) is 33. The van der Waals surface area contributed by atoms with Crippen molar-refractivity contribution in [2.24, 2.45) is 53.3 Å². The summed E-state index contributed by atoms with van der Waals surface area (Å²) in [5.74, 6) is -0.850. The zero-order valence-electron chi connectivity index (χ0n) is 82.7. The van der Waals surface area contributed by atoms with Gasteiger partial charge < -0.3 is 65.6 Å². The SMILES string of the molecule is CCC1(CC)O[C@@H](n2cnc3c(NC)nc(NC(=O)C(C)C)nc32)[C@H](F)[C@@H]1C.CC[C@@]1(C)O[C@@H](n2cnc3c(NC)nc(NC(=O)C(C)C)nc32)[C@H](F)[C@@H]1C.CC[C@@]1(CI)O[C@@H](n2cnc3c(NC)nc(NC(=O)C(C)C)nc32)[C@H](F)[C@@H]1C.CC[C@@]1(CO)O[C@@H](n2cnc3c(NC)nc(NC(=O)C(C)C)nc32)[C@H](F)[C@@H]1C.CNc1nc(NC(=O)C(C)C)nc2c1ncn2[C@@H]1O[C@](C)(CO)[C@@H](O)[C@H]1F. The Kier molecular flexibility index (Phi) is 34.2. The Bertz CT molecular complexity index is 5480. The second-order valence-electron chi connectivity index (χ2n) is 37.0. The molecule has 19 atom stereocenters. The highest BCUT2D eigenvalue weighted by molar-refractivity contribution is 14.1. The molecule has 10 aromatic heterocycles. The number of aliphatic hydroxyl groups excluding tert-OH is 3. The fourth-order valence-corrected chi connectivity index (χ4v) is 18.1. The lowest BCUT2D eigenvalue weighted by atomic mass is 9.83. The van der Waals surface area contributed by atoms with Gasteiger partial charge in [0.05, 0.1) is 67.3 Å². The van der Waals surface area contributed by atoms with Crippen molar-refractivity contribution < 1.29 is 84.9 Å². The average Bonchev–Trinajstić information content (AvgIpc) is 1.61. The number of rotatable bonds is 28. The summed E-state index contributed by atoms with van der Waals surface area (Å²) in [4.78, 5) is 125. The van der Waals surface area contributed by atoms with Gasteiger partial charge in [0.25, 0.3) is 0 Å². The monoisotopic (exact) mass is 2050 g/mol. The second kappa shape index (κ2) is 43.9. The van der Waals surface area contributed by atoms with Crippen molar-refractivity contribution in [3.05, 3.63) is 31.6 Å². The van der Waals surface area contributed by atoms with E-state index in [0.29, 0.717) is 103 Å². The largest absolute Gasteiger partial charge is 0.393 e. The van der Waals surface area contributed by atoms with Crippen LogP contribution in [0.1, 0.15) is 209 Å². The van der Waals surface area contributed by atoms with Gasteiger partial charge in [-0.25, -0.2) is 46.9 Å². The zero-order valence-corrected chi connectivity index (χ0v) is 84.9. The van der Waals surface area contributed by atoms with Gasteiger partial charge >= 0.3 is 0 Å². The van der Waals surface area contributed by atoms with Gasteiger partial charge in [-0.1, -0.05) is 154 Å². The number of alkyl halides is 6. The van der Waals surface area contributed by atoms with Gasteiger partial charge in [0.15, 0.2) is 147 Å². The molecule has 0 bridgehead atoms. The van der Waals surface area contributed by atoms with Crippen LogP contribution < -0.4 is 53.2 Å². The van der Waals surface area contributed by atoms with Crippen LogP contribution in [0.3, 0.4) is 0 Å². The van der Waals surface area contributed by atoms with Gasteiger partial charge in [-0.05, 0) is 46.0 Å². The van der Waals surface area contributed by atoms with Crippen molar-refractivity contribution in [2.45, 2.75) is 274 Å². The molecule has 5 amide bonds. The number of amides is 5. The summed E-state index contributed by atoms with van der Waals surface area (Å²) in [6.07, 6.45) is -2.32. The molecule has 0 unspecified atom stereocenters. The first-order valence-corrected chi connectivity index (χ1v) is 48.0. The maximum atomic E-state index is 15.2. The van der Waals surface area contributed by atoms with Crippen LogP contribution in [-0.4, -0.2) is 260 Å². The van der Waals surface area contributed by atoms with E-state index in [9.17, 15) is 43.7 Å². The molecule has 49 heteroatoms. The first kappa shape index (κ1) is 108. The Labute approximate surface area is 809 Å². The average molecular weight is 2050 g/mol. The molecule has 5 fully saturated rings. The standard InChI is InChI=1S/C19H29FN6O2.C18H26FIN6O2.C18H27FN6O3.C18H27FN6O2.C16H23FN6O4/c1-7-19(8-2)11(5)12(20)17(28-19)26-9-22-13-14(21-6)23-18(24-15(13)26)25-16(27)10(3)4;1-6-18(7-20)10(4)11(19)16(28-18)26-8-22-12-13(21-5)23-17(24-14(12)26)25-15(27)9(2)3;1-6-18(7-26)10(4)11(19)16(28-18)25-8-21-12-13(20-5)22-17(23-14(12)25)24-15(27)9(2)3;1-7-18(5)10(4)11(19)16(27-18)25-8-21-12-13(20-6)22-17(23-14(12)25)24-15(26)9(2)3;1-7(2)13(26)22-15-20-11(18-4)9-12(21-15)23(6-19-9)14-8(17)10(25)16(3,5-24)27-14/h9-12,17H,7-8H2,1-6H3,(H2,21,23,24,25,27);8-11,16H,6-7H2,1-5H3,(H2,21,23,24,25,27);8-11,16,26H,6-7H2,1-5H3,(H2,20,22,23,24,27);8-11,16H,7H2,1-6H3,(H2,20,22,23,24,26);6-8,10,14,24-25H,5H2,1-4H3,(H2,18,20,21,22,26)/t11-,12+,17+;2*10-,11+,16+,18-;10-,11+,16+,18+;8-,10+,14-,16-/m00001/s1. The Balaban J connectivity index is 0.000000165. The smallest absolute Gasteiger partial charge is 0.233 e. The number of aromatic nitrogens is 20. The van der Waals surface area contributed by atoms with E-state index >= 15 is 17.6 Å². The number of fused-ring (bicyclic) bond motifs is 5. The molecule has 13 N–H and O–H groups in total. The lowest BCUT2D eigenvalue weighted by molar-refractivity contribution is -0.119. The van der Waals surface area contributed by atoms with Gasteiger partial charge in [-0.15, -0.1) is 0 Å². The lowest BCUT2D eigenvalue weighted by Crippen LogP contribution is -2.42. The van der Waals surface area contributed by atoms with E-state index in [1.165, 1.54) is 47.7 Å². The summed E-state index contributed by atoms with van der Waals surface area (Å²) >= 11 is 2.25. The Hall–Kier alpha value is -10.8. The van der Waals surface area contributed by atoms with Crippen LogP contribution in [0.25, 0.3) is 55.8 Å². The molecule has 0 spiro atoms. The molecule has 15 rings (SSSR count).